The molecule has 4 rings (SSSR count). The Morgan fingerprint density at radius 2 is 1.82 bits per heavy atom. The summed E-state index contributed by atoms with van der Waals surface area (Å²) in [5, 5.41) is 9.59. The first-order chi connectivity index (χ1) is 13.4. The average molecular weight is 396 g/mol. The molecule has 142 valence electrons. The zero-order valence-corrected chi connectivity index (χ0v) is 16.1. The van der Waals surface area contributed by atoms with E-state index >= 15 is 0 Å². The average Bonchev–Trinajstić information content (AvgIpc) is 3.02. The molecule has 2 heterocycles. The van der Waals surface area contributed by atoms with Gasteiger partial charge in [-0.1, -0.05) is 11.8 Å². The van der Waals surface area contributed by atoms with Gasteiger partial charge >= 0.3 is 5.63 Å². The molecule has 0 amide bonds. The van der Waals surface area contributed by atoms with Crippen LogP contribution in [0.15, 0.2) is 56.8 Å². The highest BCUT2D eigenvalue weighted by Crippen LogP contribution is 2.28. The first kappa shape index (κ1) is 18.2. The van der Waals surface area contributed by atoms with Gasteiger partial charge in [-0.25, -0.2) is 13.9 Å². The second kappa shape index (κ2) is 7.12. The molecule has 2 N–H and O–H groups in total. The van der Waals surface area contributed by atoms with Gasteiger partial charge < -0.3 is 10.3 Å². The Morgan fingerprint density at radius 3 is 2.57 bits per heavy atom. The molecule has 0 aliphatic carbocycles. The fourth-order valence-electron chi connectivity index (χ4n) is 2.92. The Bertz CT molecular complexity index is 1230. The Kier molecular flexibility index (Phi) is 4.64. The molecule has 0 saturated heterocycles. The van der Waals surface area contributed by atoms with Gasteiger partial charge in [0.2, 0.25) is 5.16 Å². The summed E-state index contributed by atoms with van der Waals surface area (Å²) < 4.78 is 19.8. The van der Waals surface area contributed by atoms with Gasteiger partial charge in [0.15, 0.2) is 5.82 Å². The lowest BCUT2D eigenvalue weighted by Gasteiger charge is -2.08. The molecule has 2 aromatic carbocycles. The smallest absolute Gasteiger partial charge is 0.336 e. The zero-order chi connectivity index (χ0) is 19.8. The molecule has 0 fully saturated rings. The van der Waals surface area contributed by atoms with Crippen LogP contribution < -0.4 is 11.5 Å². The van der Waals surface area contributed by atoms with E-state index in [4.69, 9.17) is 10.3 Å². The van der Waals surface area contributed by atoms with Gasteiger partial charge in [0, 0.05) is 22.8 Å². The van der Waals surface area contributed by atoms with Gasteiger partial charge in [0.05, 0.1) is 0 Å². The van der Waals surface area contributed by atoms with Crippen LogP contribution in [-0.4, -0.2) is 14.9 Å². The third-order valence-electron chi connectivity index (χ3n) is 4.57. The molecular weight excluding hydrogens is 379 g/mol. The number of hydrogen-bond donors (Lipinski definition) is 1. The number of aryl methyl sites for hydroxylation is 2. The summed E-state index contributed by atoms with van der Waals surface area (Å²) in [6.45, 7) is 3.99. The van der Waals surface area contributed by atoms with Crippen LogP contribution in [-0.2, 0) is 5.75 Å². The highest BCUT2D eigenvalue weighted by molar-refractivity contribution is 7.98. The van der Waals surface area contributed by atoms with E-state index < -0.39 is 5.63 Å². The first-order valence-corrected chi connectivity index (χ1v) is 9.54. The molecule has 0 unspecified atom stereocenters. The van der Waals surface area contributed by atoms with Crippen LogP contribution >= 0.6 is 11.8 Å². The number of thioether (sulfide) groups is 1. The Labute approximate surface area is 164 Å². The largest absolute Gasteiger partial charge is 0.423 e. The van der Waals surface area contributed by atoms with Crippen molar-refractivity contribution in [2.45, 2.75) is 24.8 Å². The van der Waals surface area contributed by atoms with E-state index in [-0.39, 0.29) is 5.82 Å². The van der Waals surface area contributed by atoms with E-state index in [0.717, 1.165) is 22.1 Å². The standard InChI is InChI=1S/C20H17FN4O2S/c1-11-7-16-14(9-18(26)27-17(16)8-12(11)2)10-28-20-24-23-19(25(20)22)13-3-5-15(21)6-4-13/h3-9H,10,22H2,1-2H3. The molecule has 28 heavy (non-hydrogen) atoms. The van der Waals surface area contributed by atoms with E-state index in [0.29, 0.717) is 27.9 Å². The lowest BCUT2D eigenvalue weighted by atomic mass is 10.0. The summed E-state index contributed by atoms with van der Waals surface area (Å²) in [6.07, 6.45) is 0. The lowest BCUT2D eigenvalue weighted by Crippen LogP contribution is -2.11. The highest BCUT2D eigenvalue weighted by atomic mass is 32.2. The van der Waals surface area contributed by atoms with Crippen LogP contribution in [0, 0.1) is 19.7 Å². The normalized spacial score (nSPS) is 11.2. The molecule has 0 aliphatic rings. The van der Waals surface area contributed by atoms with Gasteiger partial charge in [0.25, 0.3) is 0 Å². The molecule has 0 bridgehead atoms. The summed E-state index contributed by atoms with van der Waals surface area (Å²) in [6, 6.07) is 11.3. The Morgan fingerprint density at radius 1 is 1.11 bits per heavy atom. The van der Waals surface area contributed by atoms with E-state index in [1.807, 2.05) is 26.0 Å². The minimum absolute atomic E-state index is 0.332. The van der Waals surface area contributed by atoms with Crippen LogP contribution in [0.25, 0.3) is 22.4 Å². The fourth-order valence-corrected chi connectivity index (χ4v) is 3.76. The monoisotopic (exact) mass is 396 g/mol. The molecule has 0 radical (unpaired) electrons. The number of benzene rings is 2. The van der Waals surface area contributed by atoms with Crippen molar-refractivity contribution in [1.82, 2.24) is 14.9 Å². The maximum absolute atomic E-state index is 13.1. The van der Waals surface area contributed by atoms with Gasteiger partial charge in [0.1, 0.15) is 11.4 Å². The highest BCUT2D eigenvalue weighted by Gasteiger charge is 2.14. The van der Waals surface area contributed by atoms with Gasteiger partial charge in [-0.3, -0.25) is 0 Å². The number of nitrogens with two attached hydrogens (primary N) is 1. The maximum atomic E-state index is 13.1. The number of fused-ring (bicyclic) bond motifs is 1. The minimum Gasteiger partial charge on any atom is -0.423 e. The SMILES string of the molecule is Cc1cc2oc(=O)cc(CSc3nnc(-c4ccc(F)cc4)n3N)c2cc1C. The maximum Gasteiger partial charge on any atom is 0.336 e. The van der Waals surface area contributed by atoms with Crippen molar-refractivity contribution >= 4 is 22.7 Å². The van der Waals surface area contributed by atoms with Gasteiger partial charge in [-0.2, -0.15) is 0 Å². The van der Waals surface area contributed by atoms with Crippen molar-refractivity contribution in [2.75, 3.05) is 5.84 Å². The first-order valence-electron chi connectivity index (χ1n) is 8.55. The number of hydrogen-bond acceptors (Lipinski definition) is 6. The summed E-state index contributed by atoms with van der Waals surface area (Å²) in [4.78, 5) is 11.9. The second-order valence-corrected chi connectivity index (χ2v) is 7.44. The topological polar surface area (TPSA) is 86.9 Å². The number of aromatic nitrogens is 3. The number of halogens is 1. The second-order valence-electron chi connectivity index (χ2n) is 6.50. The minimum atomic E-state index is -0.396. The van der Waals surface area contributed by atoms with Gasteiger partial charge in [-0.15, -0.1) is 10.2 Å². The summed E-state index contributed by atoms with van der Waals surface area (Å²) >= 11 is 1.36. The molecule has 8 heteroatoms. The fraction of sp³-hybridized carbons (Fsp3) is 0.150. The molecule has 0 spiro atoms. The number of nitrogens with zero attached hydrogens (tertiary/aromatic N) is 3. The summed E-state index contributed by atoms with van der Waals surface area (Å²) in [5.41, 5.74) is 3.85. The molecule has 0 atom stereocenters. The van der Waals surface area contributed by atoms with Crippen LogP contribution in [0.2, 0.25) is 0 Å². The van der Waals surface area contributed by atoms with Crippen molar-refractivity contribution in [3.8, 4) is 11.4 Å². The van der Waals surface area contributed by atoms with Crippen molar-refractivity contribution in [3.63, 3.8) is 0 Å². The van der Waals surface area contributed by atoms with Gasteiger partial charge in [-0.05, 0) is 66.9 Å². The Hall–Kier alpha value is -3.13. The van der Waals surface area contributed by atoms with Crippen LogP contribution in [0.5, 0.6) is 0 Å². The molecule has 4 aromatic rings. The van der Waals surface area contributed by atoms with E-state index in [1.165, 1.54) is 34.6 Å². The van der Waals surface area contributed by atoms with Crippen LogP contribution in [0.4, 0.5) is 4.39 Å². The third kappa shape index (κ3) is 3.38. The van der Waals surface area contributed by atoms with E-state index in [2.05, 4.69) is 10.2 Å². The predicted molar refractivity (Wildman–Crippen MR) is 107 cm³/mol. The Balaban J connectivity index is 1.64. The van der Waals surface area contributed by atoms with Crippen LogP contribution in [0.1, 0.15) is 16.7 Å². The van der Waals surface area contributed by atoms with Crippen LogP contribution in [0.3, 0.4) is 0 Å². The molecular formula is C20H17FN4O2S. The van der Waals surface area contributed by atoms with Crippen molar-refractivity contribution < 1.29 is 8.81 Å². The molecule has 0 saturated carbocycles. The molecule has 6 nitrogen and oxygen atoms in total. The molecule has 0 aliphatic heterocycles. The van der Waals surface area contributed by atoms with Crippen molar-refractivity contribution in [3.05, 3.63) is 75.4 Å². The quantitative estimate of drug-likeness (QED) is 0.321. The van der Waals surface area contributed by atoms with Crippen molar-refractivity contribution in [2.24, 2.45) is 0 Å². The van der Waals surface area contributed by atoms with Crippen molar-refractivity contribution in [1.29, 1.82) is 0 Å². The summed E-state index contributed by atoms with van der Waals surface area (Å²) in [7, 11) is 0. The zero-order valence-electron chi connectivity index (χ0n) is 15.3. The lowest BCUT2D eigenvalue weighted by molar-refractivity contribution is 0.559. The van der Waals surface area contributed by atoms with E-state index in [9.17, 15) is 9.18 Å². The number of rotatable bonds is 4. The summed E-state index contributed by atoms with van der Waals surface area (Å²) in [5.74, 6) is 6.70. The van der Waals surface area contributed by atoms with E-state index in [1.54, 1.807) is 12.1 Å². The molecule has 2 aromatic heterocycles. The number of nitrogen functional groups attached to an aromatic ring is 1. The predicted octanol–water partition coefficient (Wildman–Crippen LogP) is 3.81. The third-order valence-corrected chi connectivity index (χ3v) is 5.56.